The monoisotopic (exact) mass is 275 g/mol. The number of hydrogen-bond acceptors (Lipinski definition) is 2. The van der Waals surface area contributed by atoms with E-state index in [4.69, 9.17) is 10.5 Å². The molecule has 2 atom stereocenters. The second-order valence-corrected chi connectivity index (χ2v) is 4.49. The molecule has 0 amide bonds. The molecule has 0 saturated carbocycles. The van der Waals surface area contributed by atoms with Crippen LogP contribution >= 0.6 is 0 Å². The summed E-state index contributed by atoms with van der Waals surface area (Å²) >= 11 is 0. The first-order valence-electron chi connectivity index (χ1n) is 6.43. The van der Waals surface area contributed by atoms with Gasteiger partial charge in [-0.3, -0.25) is 0 Å². The molecule has 1 rings (SSSR count). The molecule has 0 aliphatic carbocycles. The van der Waals surface area contributed by atoms with Gasteiger partial charge in [-0.2, -0.15) is 13.2 Å². The molecule has 19 heavy (non-hydrogen) atoms. The fraction of sp³-hybridized carbons (Fsp3) is 0.571. The number of halogens is 3. The zero-order valence-corrected chi connectivity index (χ0v) is 11.0. The molecule has 2 N–H and O–H groups in total. The van der Waals surface area contributed by atoms with E-state index < -0.39 is 18.3 Å². The molecule has 0 spiro atoms. The van der Waals surface area contributed by atoms with Gasteiger partial charge in [0.15, 0.2) is 6.10 Å². The molecule has 2 unspecified atom stereocenters. The molecule has 0 aromatic heterocycles. The minimum Gasteiger partial charge on any atom is -0.367 e. The number of nitrogens with two attached hydrogens (primary N) is 1. The summed E-state index contributed by atoms with van der Waals surface area (Å²) in [5.74, 6) is 0. The van der Waals surface area contributed by atoms with Crippen molar-refractivity contribution >= 4 is 0 Å². The zero-order valence-electron chi connectivity index (χ0n) is 11.0. The van der Waals surface area contributed by atoms with E-state index in [0.717, 1.165) is 5.56 Å². The Morgan fingerprint density at radius 3 is 2.37 bits per heavy atom. The summed E-state index contributed by atoms with van der Waals surface area (Å²) in [5, 5.41) is 0. The van der Waals surface area contributed by atoms with Crippen molar-refractivity contribution < 1.29 is 17.9 Å². The SMILES string of the molecule is CCC(N)C(OCCCc1ccccc1)C(F)(F)F. The third-order valence-corrected chi connectivity index (χ3v) is 2.93. The highest BCUT2D eigenvalue weighted by molar-refractivity contribution is 5.14. The van der Waals surface area contributed by atoms with Gasteiger partial charge in [-0.1, -0.05) is 37.3 Å². The maximum Gasteiger partial charge on any atom is 0.416 e. The number of hydrogen-bond donors (Lipinski definition) is 1. The second kappa shape index (κ2) is 7.50. The van der Waals surface area contributed by atoms with Crippen LogP contribution in [-0.2, 0) is 11.2 Å². The Kier molecular flexibility index (Phi) is 6.31. The van der Waals surface area contributed by atoms with Crippen LogP contribution in [0.4, 0.5) is 13.2 Å². The van der Waals surface area contributed by atoms with Crippen LogP contribution in [0.1, 0.15) is 25.3 Å². The highest BCUT2D eigenvalue weighted by Crippen LogP contribution is 2.26. The first kappa shape index (κ1) is 16.0. The summed E-state index contributed by atoms with van der Waals surface area (Å²) in [6, 6.07) is 8.60. The first-order chi connectivity index (χ1) is 8.95. The smallest absolute Gasteiger partial charge is 0.367 e. The van der Waals surface area contributed by atoms with Gasteiger partial charge in [0, 0.05) is 12.6 Å². The highest BCUT2D eigenvalue weighted by Gasteiger charge is 2.43. The molecule has 0 aliphatic rings. The number of aryl methyl sites for hydroxylation is 1. The molecule has 5 heteroatoms. The Labute approximate surface area is 111 Å². The topological polar surface area (TPSA) is 35.2 Å². The van der Waals surface area contributed by atoms with Crippen molar-refractivity contribution in [2.45, 2.75) is 44.5 Å². The average molecular weight is 275 g/mol. The molecular weight excluding hydrogens is 255 g/mol. The molecule has 1 aromatic carbocycles. The molecule has 0 aliphatic heterocycles. The van der Waals surface area contributed by atoms with E-state index in [0.29, 0.717) is 12.8 Å². The quantitative estimate of drug-likeness (QED) is 0.775. The van der Waals surface area contributed by atoms with E-state index in [-0.39, 0.29) is 13.0 Å². The lowest BCUT2D eigenvalue weighted by Gasteiger charge is -2.25. The van der Waals surface area contributed by atoms with Crippen LogP contribution in [0.2, 0.25) is 0 Å². The van der Waals surface area contributed by atoms with Crippen LogP contribution in [0.25, 0.3) is 0 Å². The lowest BCUT2D eigenvalue weighted by Crippen LogP contribution is -2.46. The number of benzene rings is 1. The van der Waals surface area contributed by atoms with Crippen LogP contribution in [0.3, 0.4) is 0 Å². The maximum atomic E-state index is 12.7. The molecule has 2 nitrogen and oxygen atoms in total. The van der Waals surface area contributed by atoms with Crippen molar-refractivity contribution in [2.75, 3.05) is 6.61 Å². The number of ether oxygens (including phenoxy) is 1. The van der Waals surface area contributed by atoms with Crippen molar-refractivity contribution in [3.05, 3.63) is 35.9 Å². The second-order valence-electron chi connectivity index (χ2n) is 4.49. The molecule has 0 fully saturated rings. The summed E-state index contributed by atoms with van der Waals surface area (Å²) in [5.41, 5.74) is 6.54. The zero-order chi connectivity index (χ0) is 14.3. The van der Waals surface area contributed by atoms with Crippen LogP contribution < -0.4 is 5.73 Å². The molecule has 1 aromatic rings. The lowest BCUT2D eigenvalue weighted by molar-refractivity contribution is -0.226. The number of rotatable bonds is 7. The molecule has 0 saturated heterocycles. The summed E-state index contributed by atoms with van der Waals surface area (Å²) in [6.07, 6.45) is -4.78. The van der Waals surface area contributed by atoms with Gasteiger partial charge < -0.3 is 10.5 Å². The summed E-state index contributed by atoms with van der Waals surface area (Å²) in [6.45, 7) is 1.68. The minimum absolute atomic E-state index is 0.0623. The third kappa shape index (κ3) is 5.61. The fourth-order valence-corrected chi connectivity index (χ4v) is 1.81. The van der Waals surface area contributed by atoms with Crippen LogP contribution in [0, 0.1) is 0 Å². The third-order valence-electron chi connectivity index (χ3n) is 2.93. The van der Waals surface area contributed by atoms with Gasteiger partial charge in [-0.25, -0.2) is 0 Å². The Bertz CT molecular complexity index is 353. The fourth-order valence-electron chi connectivity index (χ4n) is 1.81. The van der Waals surface area contributed by atoms with Crippen LogP contribution in [0.5, 0.6) is 0 Å². The highest BCUT2D eigenvalue weighted by atomic mass is 19.4. The van der Waals surface area contributed by atoms with Gasteiger partial charge >= 0.3 is 6.18 Å². The Morgan fingerprint density at radius 2 is 1.84 bits per heavy atom. The van der Waals surface area contributed by atoms with Gasteiger partial charge in [0.05, 0.1) is 0 Å². The van der Waals surface area contributed by atoms with Crippen molar-refractivity contribution in [2.24, 2.45) is 5.73 Å². The minimum atomic E-state index is -4.40. The van der Waals surface area contributed by atoms with E-state index >= 15 is 0 Å². The normalized spacial score (nSPS) is 15.2. The van der Waals surface area contributed by atoms with Crippen molar-refractivity contribution in [1.29, 1.82) is 0 Å². The largest absolute Gasteiger partial charge is 0.416 e. The van der Waals surface area contributed by atoms with Gasteiger partial charge in [0.25, 0.3) is 0 Å². The van der Waals surface area contributed by atoms with Gasteiger partial charge in [-0.15, -0.1) is 0 Å². The van der Waals surface area contributed by atoms with E-state index in [1.807, 2.05) is 30.3 Å². The average Bonchev–Trinajstić information content (AvgIpc) is 2.37. The predicted octanol–water partition coefficient (Wildman–Crippen LogP) is 3.30. The standard InChI is InChI=1S/C14H20F3NO/c1-2-12(18)13(14(15,16)17)19-10-6-9-11-7-4-3-5-8-11/h3-5,7-8,12-13H,2,6,9-10,18H2,1H3. The predicted molar refractivity (Wildman–Crippen MR) is 68.8 cm³/mol. The van der Waals surface area contributed by atoms with Crippen LogP contribution in [-0.4, -0.2) is 24.9 Å². The van der Waals surface area contributed by atoms with E-state index in [1.165, 1.54) is 0 Å². The van der Waals surface area contributed by atoms with Crippen molar-refractivity contribution in [3.8, 4) is 0 Å². The molecule has 0 bridgehead atoms. The Morgan fingerprint density at radius 1 is 1.21 bits per heavy atom. The van der Waals surface area contributed by atoms with Crippen molar-refractivity contribution in [1.82, 2.24) is 0 Å². The van der Waals surface area contributed by atoms with Gasteiger partial charge in [0.1, 0.15) is 0 Å². The molecule has 0 radical (unpaired) electrons. The molecular formula is C14H20F3NO. The summed E-state index contributed by atoms with van der Waals surface area (Å²) < 4.78 is 43.0. The molecule has 0 heterocycles. The van der Waals surface area contributed by atoms with E-state index in [9.17, 15) is 13.2 Å². The summed E-state index contributed by atoms with van der Waals surface area (Å²) in [4.78, 5) is 0. The van der Waals surface area contributed by atoms with E-state index in [2.05, 4.69) is 0 Å². The maximum absolute atomic E-state index is 12.7. The lowest BCUT2D eigenvalue weighted by atomic mass is 10.1. The summed E-state index contributed by atoms with van der Waals surface area (Å²) in [7, 11) is 0. The van der Waals surface area contributed by atoms with E-state index in [1.54, 1.807) is 6.92 Å². The van der Waals surface area contributed by atoms with Crippen LogP contribution in [0.15, 0.2) is 30.3 Å². The number of alkyl halides is 3. The van der Waals surface area contributed by atoms with Crippen molar-refractivity contribution in [3.63, 3.8) is 0 Å². The molecule has 108 valence electrons. The van der Waals surface area contributed by atoms with Gasteiger partial charge in [-0.05, 0) is 24.8 Å². The van der Waals surface area contributed by atoms with Gasteiger partial charge in [0.2, 0.25) is 0 Å². The Hall–Kier alpha value is -1.07. The first-order valence-corrected chi connectivity index (χ1v) is 6.43. The Balaban J connectivity index is 2.37.